The van der Waals surface area contributed by atoms with Crippen LogP contribution in [0.5, 0.6) is 0 Å². The number of benzene rings is 1. The Morgan fingerprint density at radius 3 is 2.75 bits per heavy atom. The molecule has 0 spiro atoms. The van der Waals surface area contributed by atoms with Gasteiger partial charge in [0.1, 0.15) is 5.82 Å². The quantitative estimate of drug-likeness (QED) is 0.798. The first-order valence-corrected chi connectivity index (χ1v) is 5.18. The molecule has 1 aromatic rings. The minimum Gasteiger partial charge on any atom is -0.465 e. The summed E-state index contributed by atoms with van der Waals surface area (Å²) in [7, 11) is 1.27. The van der Waals surface area contributed by atoms with Crippen LogP contribution in [0.1, 0.15) is 35.2 Å². The largest absolute Gasteiger partial charge is 0.465 e. The Labute approximate surface area is 94.4 Å². The molecule has 16 heavy (non-hydrogen) atoms. The van der Waals surface area contributed by atoms with Gasteiger partial charge in [-0.3, -0.25) is 0 Å². The van der Waals surface area contributed by atoms with Gasteiger partial charge in [-0.1, -0.05) is 13.0 Å². The average molecular weight is 225 g/mol. The summed E-state index contributed by atoms with van der Waals surface area (Å²) >= 11 is 0. The fourth-order valence-electron chi connectivity index (χ4n) is 1.58. The van der Waals surface area contributed by atoms with Crippen molar-refractivity contribution in [2.75, 3.05) is 13.7 Å². The van der Waals surface area contributed by atoms with E-state index >= 15 is 0 Å². The number of esters is 1. The Balaban J connectivity index is 2.95. The van der Waals surface area contributed by atoms with Gasteiger partial charge in [-0.25, -0.2) is 9.18 Å². The molecule has 0 amide bonds. The van der Waals surface area contributed by atoms with Gasteiger partial charge in [0.2, 0.25) is 0 Å². The van der Waals surface area contributed by atoms with Crippen LogP contribution in [0.2, 0.25) is 0 Å². The van der Waals surface area contributed by atoms with E-state index < -0.39 is 5.97 Å². The molecule has 3 nitrogen and oxygen atoms in total. The van der Waals surface area contributed by atoms with Crippen molar-refractivity contribution in [2.24, 2.45) is 5.73 Å². The lowest BCUT2D eigenvalue weighted by Gasteiger charge is -2.12. The molecule has 0 aliphatic rings. The van der Waals surface area contributed by atoms with Crippen molar-refractivity contribution in [3.8, 4) is 0 Å². The van der Waals surface area contributed by atoms with Crippen LogP contribution in [0.15, 0.2) is 18.2 Å². The van der Waals surface area contributed by atoms with Gasteiger partial charge in [-0.2, -0.15) is 0 Å². The predicted octanol–water partition coefficient (Wildman–Crippen LogP) is 2.06. The Hall–Kier alpha value is -1.42. The maximum atomic E-state index is 13.7. The fraction of sp³-hybridized carbons (Fsp3) is 0.417. The zero-order valence-corrected chi connectivity index (χ0v) is 9.50. The van der Waals surface area contributed by atoms with Crippen LogP contribution in [0.3, 0.4) is 0 Å². The van der Waals surface area contributed by atoms with Crippen LogP contribution in [-0.4, -0.2) is 19.6 Å². The number of carbonyl (C=O) groups excluding carboxylic acids is 1. The van der Waals surface area contributed by atoms with E-state index in [1.54, 1.807) is 12.1 Å². The first-order valence-electron chi connectivity index (χ1n) is 5.18. The Morgan fingerprint density at radius 2 is 2.25 bits per heavy atom. The highest BCUT2D eigenvalue weighted by atomic mass is 19.1. The van der Waals surface area contributed by atoms with Crippen LogP contribution in [0.4, 0.5) is 4.39 Å². The number of nitrogens with two attached hydrogens (primary N) is 1. The van der Waals surface area contributed by atoms with Gasteiger partial charge in [0.25, 0.3) is 0 Å². The van der Waals surface area contributed by atoms with E-state index in [1.807, 2.05) is 6.92 Å². The summed E-state index contributed by atoms with van der Waals surface area (Å²) in [5.41, 5.74) is 6.23. The van der Waals surface area contributed by atoms with Crippen molar-refractivity contribution in [1.29, 1.82) is 0 Å². The topological polar surface area (TPSA) is 52.3 Å². The first-order chi connectivity index (χ1) is 7.60. The Morgan fingerprint density at radius 1 is 1.56 bits per heavy atom. The van der Waals surface area contributed by atoms with E-state index in [1.165, 1.54) is 13.2 Å². The number of halogens is 1. The minimum absolute atomic E-state index is 0.0525. The van der Waals surface area contributed by atoms with E-state index in [-0.39, 0.29) is 17.3 Å². The summed E-state index contributed by atoms with van der Waals surface area (Å²) in [6.07, 6.45) is 0.717. The standard InChI is InChI=1S/C12H16FNO2/c1-8(5-6-14)10-4-3-9(7-11(10)13)12(15)16-2/h3-4,7-8H,5-6,14H2,1-2H3. The smallest absolute Gasteiger partial charge is 0.337 e. The average Bonchev–Trinajstić information content (AvgIpc) is 2.28. The highest BCUT2D eigenvalue weighted by molar-refractivity contribution is 5.89. The molecule has 0 fully saturated rings. The van der Waals surface area contributed by atoms with E-state index in [9.17, 15) is 9.18 Å². The molecule has 1 atom stereocenters. The third kappa shape index (κ3) is 2.79. The summed E-state index contributed by atoms with van der Waals surface area (Å²) in [4.78, 5) is 11.2. The predicted molar refractivity (Wildman–Crippen MR) is 59.8 cm³/mol. The second-order valence-electron chi connectivity index (χ2n) is 3.71. The van der Waals surface area contributed by atoms with E-state index in [2.05, 4.69) is 4.74 Å². The zero-order chi connectivity index (χ0) is 12.1. The van der Waals surface area contributed by atoms with Crippen molar-refractivity contribution in [3.05, 3.63) is 35.1 Å². The molecule has 88 valence electrons. The molecular weight excluding hydrogens is 209 g/mol. The molecule has 1 aromatic carbocycles. The third-order valence-electron chi connectivity index (χ3n) is 2.55. The zero-order valence-electron chi connectivity index (χ0n) is 9.50. The lowest BCUT2D eigenvalue weighted by atomic mass is 9.96. The number of carbonyl (C=O) groups is 1. The van der Waals surface area contributed by atoms with Crippen molar-refractivity contribution in [2.45, 2.75) is 19.3 Å². The minimum atomic E-state index is -0.531. The summed E-state index contributed by atoms with van der Waals surface area (Å²) in [5.74, 6) is -0.863. The number of hydrogen-bond donors (Lipinski definition) is 1. The van der Waals surface area contributed by atoms with Gasteiger partial charge in [0, 0.05) is 0 Å². The molecule has 0 heterocycles. The lowest BCUT2D eigenvalue weighted by Crippen LogP contribution is -2.08. The van der Waals surface area contributed by atoms with Gasteiger partial charge < -0.3 is 10.5 Å². The summed E-state index contributed by atoms with van der Waals surface area (Å²) in [6, 6.07) is 4.38. The molecule has 2 N–H and O–H groups in total. The van der Waals surface area contributed by atoms with Crippen LogP contribution < -0.4 is 5.73 Å². The fourth-order valence-corrected chi connectivity index (χ4v) is 1.58. The molecule has 0 aliphatic heterocycles. The second-order valence-corrected chi connectivity index (χ2v) is 3.71. The van der Waals surface area contributed by atoms with E-state index in [0.29, 0.717) is 18.5 Å². The molecule has 0 aliphatic carbocycles. The number of hydrogen-bond acceptors (Lipinski definition) is 3. The van der Waals surface area contributed by atoms with Crippen molar-refractivity contribution in [3.63, 3.8) is 0 Å². The summed E-state index contributed by atoms with van der Waals surface area (Å²) in [6.45, 7) is 2.42. The molecule has 0 aromatic heterocycles. The molecule has 0 saturated carbocycles. The first kappa shape index (κ1) is 12.6. The van der Waals surface area contributed by atoms with Crippen LogP contribution in [0.25, 0.3) is 0 Å². The highest BCUT2D eigenvalue weighted by Crippen LogP contribution is 2.22. The number of methoxy groups -OCH3 is 1. The SMILES string of the molecule is COC(=O)c1ccc(C(C)CCN)c(F)c1. The van der Waals surface area contributed by atoms with Crippen LogP contribution in [0, 0.1) is 5.82 Å². The molecular formula is C12H16FNO2. The monoisotopic (exact) mass is 225 g/mol. The van der Waals surface area contributed by atoms with Gasteiger partial charge in [-0.05, 0) is 36.6 Å². The molecule has 0 saturated heterocycles. The lowest BCUT2D eigenvalue weighted by molar-refractivity contribution is 0.0600. The molecule has 1 unspecified atom stereocenters. The van der Waals surface area contributed by atoms with Crippen molar-refractivity contribution in [1.82, 2.24) is 0 Å². The maximum absolute atomic E-state index is 13.7. The van der Waals surface area contributed by atoms with Crippen LogP contribution in [-0.2, 0) is 4.74 Å². The Bertz CT molecular complexity index is 379. The molecule has 0 bridgehead atoms. The summed E-state index contributed by atoms with van der Waals surface area (Å²) in [5, 5.41) is 0. The molecule has 4 heteroatoms. The number of ether oxygens (including phenoxy) is 1. The van der Waals surface area contributed by atoms with Crippen molar-refractivity contribution < 1.29 is 13.9 Å². The van der Waals surface area contributed by atoms with Gasteiger partial charge in [-0.15, -0.1) is 0 Å². The van der Waals surface area contributed by atoms with E-state index in [0.717, 1.165) is 0 Å². The Kier molecular flexibility index (Phi) is 4.43. The van der Waals surface area contributed by atoms with Crippen LogP contribution >= 0.6 is 0 Å². The number of rotatable bonds is 4. The van der Waals surface area contributed by atoms with E-state index in [4.69, 9.17) is 5.73 Å². The van der Waals surface area contributed by atoms with Crippen molar-refractivity contribution >= 4 is 5.97 Å². The molecule has 0 radical (unpaired) electrons. The van der Waals surface area contributed by atoms with Gasteiger partial charge in [0.05, 0.1) is 12.7 Å². The second kappa shape index (κ2) is 5.61. The summed E-state index contributed by atoms with van der Waals surface area (Å²) < 4.78 is 18.2. The maximum Gasteiger partial charge on any atom is 0.337 e. The normalized spacial score (nSPS) is 12.2. The van der Waals surface area contributed by atoms with Gasteiger partial charge in [0.15, 0.2) is 0 Å². The highest BCUT2D eigenvalue weighted by Gasteiger charge is 2.13. The molecule has 1 rings (SSSR count). The van der Waals surface area contributed by atoms with Gasteiger partial charge >= 0.3 is 5.97 Å². The third-order valence-corrected chi connectivity index (χ3v) is 2.55.